The van der Waals surface area contributed by atoms with E-state index in [2.05, 4.69) is 44.2 Å². The number of rotatable bonds is 41. The van der Waals surface area contributed by atoms with Crippen LogP contribution in [0.25, 0.3) is 0 Å². The molecule has 10 heteroatoms. The Morgan fingerprint density at radius 2 is 1.03 bits per heavy atom. The van der Waals surface area contributed by atoms with Crippen LogP contribution >= 0.6 is 7.82 Å². The van der Waals surface area contributed by atoms with Crippen LogP contribution in [0.1, 0.15) is 168 Å². The third-order valence-corrected chi connectivity index (χ3v) is 10.5. The summed E-state index contributed by atoms with van der Waals surface area (Å²) in [6.45, 7) is 4.17. The molecule has 0 aliphatic heterocycles. The fourth-order valence-corrected chi connectivity index (χ4v) is 6.64. The van der Waals surface area contributed by atoms with Crippen molar-refractivity contribution in [2.45, 2.75) is 174 Å². The van der Waals surface area contributed by atoms with Gasteiger partial charge in [-0.2, -0.15) is 0 Å². The lowest BCUT2D eigenvalue weighted by Crippen LogP contribution is -2.37. The largest absolute Gasteiger partial charge is 0.472 e. The topological polar surface area (TPSA) is 108 Å². The summed E-state index contributed by atoms with van der Waals surface area (Å²) in [5, 5.41) is 0. The van der Waals surface area contributed by atoms with E-state index < -0.39 is 32.5 Å². The molecule has 0 aliphatic rings. The van der Waals surface area contributed by atoms with Crippen LogP contribution in [0.4, 0.5) is 0 Å². The predicted octanol–water partition coefficient (Wildman–Crippen LogP) is 13.6. The molecule has 0 radical (unpaired) electrons. The van der Waals surface area contributed by atoms with Gasteiger partial charge in [-0.05, 0) is 57.8 Å². The third kappa shape index (κ3) is 44.7. The zero-order chi connectivity index (χ0) is 44.3. The van der Waals surface area contributed by atoms with Crippen molar-refractivity contribution in [2.24, 2.45) is 0 Å². The van der Waals surface area contributed by atoms with Crippen LogP contribution in [-0.2, 0) is 32.7 Å². The Labute approximate surface area is 367 Å². The molecular formula is C50H87NO8P+. The van der Waals surface area contributed by atoms with Crippen molar-refractivity contribution in [3.05, 3.63) is 85.1 Å². The summed E-state index contributed by atoms with van der Waals surface area (Å²) in [5.74, 6) is -0.901. The Bertz CT molecular complexity index is 1290. The summed E-state index contributed by atoms with van der Waals surface area (Å²) in [7, 11) is 1.41. The molecule has 60 heavy (non-hydrogen) atoms. The van der Waals surface area contributed by atoms with Crippen LogP contribution in [0.5, 0.6) is 0 Å². The van der Waals surface area contributed by atoms with E-state index in [-0.39, 0.29) is 26.1 Å². The van der Waals surface area contributed by atoms with Crippen LogP contribution in [0.15, 0.2) is 85.1 Å². The Balaban J connectivity index is 4.35. The minimum atomic E-state index is -4.40. The fraction of sp³-hybridized carbons (Fsp3) is 0.680. The molecule has 2 unspecified atom stereocenters. The van der Waals surface area contributed by atoms with Crippen LogP contribution in [0.2, 0.25) is 0 Å². The zero-order valence-electron chi connectivity index (χ0n) is 38.7. The average molecular weight is 861 g/mol. The van der Waals surface area contributed by atoms with Gasteiger partial charge in [0.1, 0.15) is 19.8 Å². The van der Waals surface area contributed by atoms with Gasteiger partial charge in [0, 0.05) is 12.8 Å². The molecule has 9 nitrogen and oxygen atoms in total. The Morgan fingerprint density at radius 3 is 1.58 bits per heavy atom. The van der Waals surface area contributed by atoms with Crippen LogP contribution in [-0.4, -0.2) is 74.9 Å². The van der Waals surface area contributed by atoms with Gasteiger partial charge in [0.05, 0.1) is 27.7 Å². The number of phosphoric ester groups is 1. The minimum absolute atomic E-state index is 0.0122. The number of quaternary nitrogens is 1. The van der Waals surface area contributed by atoms with Gasteiger partial charge in [0.2, 0.25) is 0 Å². The second-order valence-corrected chi connectivity index (χ2v) is 18.0. The van der Waals surface area contributed by atoms with Gasteiger partial charge in [-0.1, -0.05) is 182 Å². The van der Waals surface area contributed by atoms with E-state index >= 15 is 0 Å². The molecule has 0 aromatic carbocycles. The number of allylic oxidation sites excluding steroid dienone is 14. The summed E-state index contributed by atoms with van der Waals surface area (Å²) in [6.07, 6.45) is 53.7. The van der Waals surface area contributed by atoms with E-state index in [0.29, 0.717) is 30.3 Å². The molecule has 0 aliphatic carbocycles. The number of carbonyl (C=O) groups excluding carboxylic acids is 2. The molecule has 344 valence electrons. The van der Waals surface area contributed by atoms with Gasteiger partial charge in [0.25, 0.3) is 0 Å². The number of unbranched alkanes of at least 4 members (excludes halogenated alkanes) is 17. The first-order valence-corrected chi connectivity index (χ1v) is 24.9. The maximum Gasteiger partial charge on any atom is 0.472 e. The number of hydrogen-bond acceptors (Lipinski definition) is 7. The SMILES string of the molecule is CC/C=C/C=C/C=C/C=C/C=C/CCCC(=O)OC(COC(=O)CCCCCCCCC/C=C/C/C=C/CCCCCCCCCCC)COP(=O)(O)OCC[N+](C)(C)C. The van der Waals surface area contributed by atoms with Gasteiger partial charge in [-0.3, -0.25) is 18.6 Å². The highest BCUT2D eigenvalue weighted by molar-refractivity contribution is 7.47. The lowest BCUT2D eigenvalue weighted by Gasteiger charge is -2.24. The van der Waals surface area contributed by atoms with Crippen LogP contribution < -0.4 is 0 Å². The Morgan fingerprint density at radius 1 is 0.550 bits per heavy atom. The Kier molecular flexibility index (Phi) is 39.6. The van der Waals surface area contributed by atoms with E-state index in [0.717, 1.165) is 38.5 Å². The van der Waals surface area contributed by atoms with Crippen LogP contribution in [0.3, 0.4) is 0 Å². The number of phosphoric acid groups is 1. The van der Waals surface area contributed by atoms with Crippen molar-refractivity contribution in [1.82, 2.24) is 0 Å². The number of ether oxygens (including phenoxy) is 2. The molecule has 0 heterocycles. The summed E-state index contributed by atoms with van der Waals surface area (Å²) in [4.78, 5) is 35.4. The molecule has 0 rings (SSSR count). The second kappa shape index (κ2) is 41.5. The molecule has 0 bridgehead atoms. The average Bonchev–Trinajstić information content (AvgIpc) is 3.20. The van der Waals surface area contributed by atoms with E-state index in [1.807, 2.05) is 75.8 Å². The molecular weight excluding hydrogens is 774 g/mol. The maximum atomic E-state index is 12.6. The fourth-order valence-electron chi connectivity index (χ4n) is 5.90. The van der Waals surface area contributed by atoms with Gasteiger partial charge in [-0.25, -0.2) is 4.57 Å². The zero-order valence-corrected chi connectivity index (χ0v) is 39.6. The highest BCUT2D eigenvalue weighted by Gasteiger charge is 2.27. The molecule has 1 N–H and O–H groups in total. The number of carbonyl (C=O) groups is 2. The molecule has 0 saturated heterocycles. The number of likely N-dealkylation sites (N-methyl/N-ethyl adjacent to an activating group) is 1. The molecule has 0 aromatic heterocycles. The van der Waals surface area contributed by atoms with Gasteiger partial charge in [0.15, 0.2) is 6.10 Å². The molecule has 0 amide bonds. The van der Waals surface area contributed by atoms with Crippen molar-refractivity contribution in [1.29, 1.82) is 0 Å². The van der Waals surface area contributed by atoms with Crippen LogP contribution in [0, 0.1) is 0 Å². The van der Waals surface area contributed by atoms with E-state index in [4.69, 9.17) is 18.5 Å². The van der Waals surface area contributed by atoms with Gasteiger partial charge >= 0.3 is 19.8 Å². The lowest BCUT2D eigenvalue weighted by molar-refractivity contribution is -0.870. The highest BCUT2D eigenvalue weighted by Crippen LogP contribution is 2.43. The highest BCUT2D eigenvalue weighted by atomic mass is 31.2. The first-order valence-electron chi connectivity index (χ1n) is 23.4. The maximum absolute atomic E-state index is 12.6. The van der Waals surface area contributed by atoms with Crippen molar-refractivity contribution in [2.75, 3.05) is 47.5 Å². The summed E-state index contributed by atoms with van der Waals surface area (Å²) in [5.41, 5.74) is 0. The van der Waals surface area contributed by atoms with Gasteiger partial charge < -0.3 is 18.9 Å². The number of hydrogen-bond donors (Lipinski definition) is 1. The Hall–Kier alpha value is -2.81. The monoisotopic (exact) mass is 861 g/mol. The van der Waals surface area contributed by atoms with Gasteiger partial charge in [-0.15, -0.1) is 0 Å². The summed E-state index contributed by atoms with van der Waals surface area (Å²) < 4.78 is 34.2. The first-order chi connectivity index (χ1) is 29.0. The van der Waals surface area contributed by atoms with Crippen molar-refractivity contribution in [3.8, 4) is 0 Å². The molecule has 0 saturated carbocycles. The molecule has 0 spiro atoms. The lowest BCUT2D eigenvalue weighted by atomic mass is 10.1. The van der Waals surface area contributed by atoms with Crippen molar-refractivity contribution >= 4 is 19.8 Å². The quantitative estimate of drug-likeness (QED) is 0.0162. The van der Waals surface area contributed by atoms with Crippen molar-refractivity contribution in [3.63, 3.8) is 0 Å². The van der Waals surface area contributed by atoms with E-state index in [9.17, 15) is 19.0 Å². The predicted molar refractivity (Wildman–Crippen MR) is 252 cm³/mol. The standard InChI is InChI=1S/C50H86NO8P/c1-6-8-10-12-14-16-18-20-21-22-23-24-25-26-27-28-29-31-32-34-36-38-40-42-49(52)56-46-48(47-58-60(54,55)57-45-44-51(3,4)5)59-50(53)43-41-39-37-35-33-30-19-17-15-13-11-9-7-2/h9,11,13,15,17,19,23-24,26-27,30,33,35,37,48H,6-8,10,12,14,16,18,20-22,25,28-29,31-32,34,36,38-47H2,1-5H3/p+1/b11-9+,15-13+,19-17+,24-23+,27-26+,33-30+,37-35+. The second-order valence-electron chi connectivity index (χ2n) is 16.5. The van der Waals surface area contributed by atoms with E-state index in [1.54, 1.807) is 0 Å². The normalized spacial score (nSPS) is 14.3. The summed E-state index contributed by atoms with van der Waals surface area (Å²) in [6, 6.07) is 0. The smallest absolute Gasteiger partial charge is 0.462 e. The molecule has 0 fully saturated rings. The summed E-state index contributed by atoms with van der Waals surface area (Å²) >= 11 is 0. The molecule has 0 aromatic rings. The first kappa shape index (κ1) is 57.2. The minimum Gasteiger partial charge on any atom is -0.462 e. The van der Waals surface area contributed by atoms with Crippen molar-refractivity contribution < 1.29 is 42.1 Å². The number of nitrogens with zero attached hydrogens (tertiary/aromatic N) is 1. The molecule has 2 atom stereocenters. The third-order valence-electron chi connectivity index (χ3n) is 9.54. The number of esters is 2. The van der Waals surface area contributed by atoms with E-state index in [1.165, 1.54) is 83.5 Å².